The average Bonchev–Trinajstić information content (AvgIpc) is 2.75. The predicted molar refractivity (Wildman–Crippen MR) is 74.4 cm³/mol. The Morgan fingerprint density at radius 3 is 2.32 bits per heavy atom. The second-order valence-corrected chi connectivity index (χ2v) is 6.66. The maximum Gasteiger partial charge on any atom is 0.416 e. The molecule has 0 aromatic heterocycles. The first-order valence-corrected chi connectivity index (χ1v) is 7.59. The van der Waals surface area contributed by atoms with Gasteiger partial charge in [0.2, 0.25) is 0 Å². The third-order valence-electron chi connectivity index (χ3n) is 4.10. The smallest absolute Gasteiger partial charge is 0.166 e. The summed E-state index contributed by atoms with van der Waals surface area (Å²) < 4.78 is 37.4. The average molecular weight is 335 g/mol. The van der Waals surface area contributed by atoms with E-state index >= 15 is 0 Å². The summed E-state index contributed by atoms with van der Waals surface area (Å²) >= 11 is 3.72. The van der Waals surface area contributed by atoms with E-state index in [4.69, 9.17) is 0 Å². The molecular formula is C15H18BrF3. The standard InChI is InChI=1S/C15H18BrF3/c1-10-3-2-4-13(10)14(16)9-11-5-7-12(8-6-11)15(17,18)19/h5-8,10,13-14H,2-4,9H2,1H3. The highest BCUT2D eigenvalue weighted by molar-refractivity contribution is 9.09. The molecule has 0 bridgehead atoms. The SMILES string of the molecule is CC1CCCC1C(Br)Cc1ccc(C(F)(F)F)cc1. The van der Waals surface area contributed by atoms with Gasteiger partial charge in [0.1, 0.15) is 0 Å². The lowest BCUT2D eigenvalue weighted by atomic mass is 9.91. The second kappa shape index (κ2) is 5.86. The van der Waals surface area contributed by atoms with Crippen molar-refractivity contribution in [3.05, 3.63) is 35.4 Å². The molecule has 106 valence electrons. The van der Waals surface area contributed by atoms with E-state index in [0.717, 1.165) is 12.0 Å². The fourth-order valence-electron chi connectivity index (χ4n) is 2.92. The van der Waals surface area contributed by atoms with Gasteiger partial charge in [-0.15, -0.1) is 0 Å². The van der Waals surface area contributed by atoms with Crippen LogP contribution >= 0.6 is 15.9 Å². The summed E-state index contributed by atoms with van der Waals surface area (Å²) in [6.07, 6.45) is 0.303. The van der Waals surface area contributed by atoms with Crippen molar-refractivity contribution < 1.29 is 13.2 Å². The van der Waals surface area contributed by atoms with Gasteiger partial charge >= 0.3 is 6.18 Å². The van der Waals surface area contributed by atoms with E-state index in [1.807, 2.05) is 0 Å². The van der Waals surface area contributed by atoms with Gasteiger partial charge in [-0.25, -0.2) is 0 Å². The Morgan fingerprint density at radius 1 is 1.21 bits per heavy atom. The van der Waals surface area contributed by atoms with Gasteiger partial charge < -0.3 is 0 Å². The number of hydrogen-bond donors (Lipinski definition) is 0. The topological polar surface area (TPSA) is 0 Å². The molecule has 1 aromatic rings. The zero-order valence-electron chi connectivity index (χ0n) is 10.9. The lowest BCUT2D eigenvalue weighted by Crippen LogP contribution is -2.19. The van der Waals surface area contributed by atoms with Gasteiger partial charge in [-0.05, 0) is 42.4 Å². The van der Waals surface area contributed by atoms with Crippen LogP contribution in [0.2, 0.25) is 0 Å². The maximum absolute atomic E-state index is 12.5. The van der Waals surface area contributed by atoms with Gasteiger partial charge in [-0.1, -0.05) is 47.8 Å². The minimum Gasteiger partial charge on any atom is -0.166 e. The van der Waals surface area contributed by atoms with Crippen molar-refractivity contribution in [3.63, 3.8) is 0 Å². The van der Waals surface area contributed by atoms with Crippen LogP contribution in [-0.2, 0) is 12.6 Å². The highest BCUT2D eigenvalue weighted by Gasteiger charge is 2.31. The molecule has 0 radical (unpaired) electrons. The Labute approximate surface area is 120 Å². The monoisotopic (exact) mass is 334 g/mol. The third-order valence-corrected chi connectivity index (χ3v) is 5.11. The first kappa shape index (κ1) is 14.9. The van der Waals surface area contributed by atoms with E-state index in [1.54, 1.807) is 12.1 Å². The molecule has 1 saturated carbocycles. The molecule has 2 rings (SSSR count). The normalized spacial score (nSPS) is 25.5. The minimum atomic E-state index is -4.24. The van der Waals surface area contributed by atoms with Crippen molar-refractivity contribution in [1.29, 1.82) is 0 Å². The Hall–Kier alpha value is -0.510. The Balaban J connectivity index is 1.99. The zero-order chi connectivity index (χ0) is 14.0. The zero-order valence-corrected chi connectivity index (χ0v) is 12.5. The fraction of sp³-hybridized carbons (Fsp3) is 0.600. The molecule has 0 aliphatic heterocycles. The molecule has 0 nitrogen and oxygen atoms in total. The van der Waals surface area contributed by atoms with Gasteiger partial charge in [0, 0.05) is 4.83 Å². The number of benzene rings is 1. The van der Waals surface area contributed by atoms with E-state index in [2.05, 4.69) is 22.9 Å². The molecule has 19 heavy (non-hydrogen) atoms. The van der Waals surface area contributed by atoms with Crippen LogP contribution in [0.5, 0.6) is 0 Å². The van der Waals surface area contributed by atoms with Crippen LogP contribution in [0.25, 0.3) is 0 Å². The van der Waals surface area contributed by atoms with Crippen LogP contribution in [-0.4, -0.2) is 4.83 Å². The maximum atomic E-state index is 12.5. The molecule has 0 saturated heterocycles. The highest BCUT2D eigenvalue weighted by Crippen LogP contribution is 2.38. The molecule has 1 aliphatic rings. The summed E-state index contributed by atoms with van der Waals surface area (Å²) in [5.41, 5.74) is 0.394. The summed E-state index contributed by atoms with van der Waals surface area (Å²) in [6, 6.07) is 5.54. The van der Waals surface area contributed by atoms with Crippen LogP contribution < -0.4 is 0 Å². The molecule has 1 aliphatic carbocycles. The Morgan fingerprint density at radius 2 is 1.84 bits per heavy atom. The first-order valence-electron chi connectivity index (χ1n) is 6.68. The lowest BCUT2D eigenvalue weighted by Gasteiger charge is -2.22. The number of hydrogen-bond acceptors (Lipinski definition) is 0. The van der Waals surface area contributed by atoms with Crippen molar-refractivity contribution >= 4 is 15.9 Å². The van der Waals surface area contributed by atoms with Gasteiger partial charge in [-0.3, -0.25) is 0 Å². The molecular weight excluding hydrogens is 317 g/mol. The summed E-state index contributed by atoms with van der Waals surface area (Å²) in [4.78, 5) is 0.363. The van der Waals surface area contributed by atoms with E-state index in [0.29, 0.717) is 16.7 Å². The molecule has 3 unspecified atom stereocenters. The van der Waals surface area contributed by atoms with E-state index in [1.165, 1.54) is 31.4 Å². The number of alkyl halides is 4. The van der Waals surface area contributed by atoms with E-state index in [9.17, 15) is 13.2 Å². The van der Waals surface area contributed by atoms with Crippen molar-refractivity contribution in [1.82, 2.24) is 0 Å². The quantitative estimate of drug-likeness (QED) is 0.645. The summed E-state index contributed by atoms with van der Waals surface area (Å²) in [6.45, 7) is 2.26. The van der Waals surface area contributed by atoms with Crippen LogP contribution in [0, 0.1) is 11.8 Å². The second-order valence-electron chi connectivity index (χ2n) is 5.49. The van der Waals surface area contributed by atoms with Gasteiger partial charge in [-0.2, -0.15) is 13.2 Å². The van der Waals surface area contributed by atoms with Crippen LogP contribution in [0.3, 0.4) is 0 Å². The Bertz CT molecular complexity index is 410. The Kier molecular flexibility index (Phi) is 4.59. The number of rotatable bonds is 3. The third kappa shape index (κ3) is 3.74. The van der Waals surface area contributed by atoms with Crippen LogP contribution in [0.4, 0.5) is 13.2 Å². The molecule has 0 spiro atoms. The summed E-state index contributed by atoms with van der Waals surface area (Å²) in [7, 11) is 0. The van der Waals surface area contributed by atoms with E-state index < -0.39 is 11.7 Å². The lowest BCUT2D eigenvalue weighted by molar-refractivity contribution is -0.137. The molecule has 4 heteroatoms. The molecule has 0 heterocycles. The highest BCUT2D eigenvalue weighted by atomic mass is 79.9. The molecule has 0 N–H and O–H groups in total. The minimum absolute atomic E-state index is 0.363. The molecule has 3 atom stereocenters. The van der Waals surface area contributed by atoms with Gasteiger partial charge in [0.15, 0.2) is 0 Å². The van der Waals surface area contributed by atoms with Crippen molar-refractivity contribution in [2.45, 2.75) is 43.6 Å². The largest absolute Gasteiger partial charge is 0.416 e. The van der Waals surface area contributed by atoms with Gasteiger partial charge in [0.05, 0.1) is 5.56 Å². The van der Waals surface area contributed by atoms with Gasteiger partial charge in [0.25, 0.3) is 0 Å². The van der Waals surface area contributed by atoms with Crippen LogP contribution in [0.15, 0.2) is 24.3 Å². The fourth-order valence-corrected chi connectivity index (χ4v) is 4.08. The summed E-state index contributed by atoms with van der Waals surface area (Å²) in [5, 5.41) is 0. The molecule has 1 fully saturated rings. The summed E-state index contributed by atoms with van der Waals surface area (Å²) in [5.74, 6) is 1.35. The van der Waals surface area contributed by atoms with Crippen molar-refractivity contribution in [3.8, 4) is 0 Å². The molecule has 0 amide bonds. The van der Waals surface area contributed by atoms with E-state index in [-0.39, 0.29) is 0 Å². The number of halogens is 4. The van der Waals surface area contributed by atoms with Crippen molar-refractivity contribution in [2.75, 3.05) is 0 Å². The predicted octanol–water partition coefficient (Wildman–Crippen LogP) is 5.45. The molecule has 1 aromatic carbocycles. The van der Waals surface area contributed by atoms with Crippen LogP contribution in [0.1, 0.15) is 37.3 Å². The van der Waals surface area contributed by atoms with Crippen molar-refractivity contribution in [2.24, 2.45) is 11.8 Å². The first-order chi connectivity index (χ1) is 8.88.